The summed E-state index contributed by atoms with van der Waals surface area (Å²) >= 11 is 0. The minimum Gasteiger partial charge on any atom is -0.370 e. The lowest BCUT2D eigenvalue weighted by molar-refractivity contribution is 0.826. The van der Waals surface area contributed by atoms with Crippen LogP contribution < -0.4 is 11.1 Å². The molecule has 0 atom stereocenters. The van der Waals surface area contributed by atoms with Crippen LogP contribution >= 0.6 is 0 Å². The minimum atomic E-state index is 0.518. The molecule has 0 amide bonds. The molecule has 0 spiro atoms. The van der Waals surface area contributed by atoms with Crippen molar-refractivity contribution in [3.8, 4) is 0 Å². The molecule has 0 fully saturated rings. The molecule has 0 bridgehead atoms. The zero-order chi connectivity index (χ0) is 12.8. The van der Waals surface area contributed by atoms with E-state index in [2.05, 4.69) is 47.6 Å². The average Bonchev–Trinajstić information content (AvgIpc) is 2.42. The van der Waals surface area contributed by atoms with Gasteiger partial charge in [0.2, 0.25) is 0 Å². The Labute approximate surface area is 108 Å². The van der Waals surface area contributed by atoms with Crippen LogP contribution in [0.2, 0.25) is 0 Å². The molecule has 3 heteroatoms. The number of rotatable bonds is 4. The fourth-order valence-corrected chi connectivity index (χ4v) is 1.91. The van der Waals surface area contributed by atoms with E-state index in [0.29, 0.717) is 12.5 Å². The molecule has 2 rings (SSSR count). The Hall–Kier alpha value is -2.03. The standard InChI is InChI=1S/C15H19N3/c1-2-10-17-15(16)18-11-13-8-5-7-12-6-3-4-9-14(12)13/h3-9H,2,10-11H2,1H3,(H3,16,17,18). The van der Waals surface area contributed by atoms with Crippen LogP contribution in [0.15, 0.2) is 47.5 Å². The molecule has 0 saturated carbocycles. The minimum absolute atomic E-state index is 0.518. The first kappa shape index (κ1) is 12.4. The van der Waals surface area contributed by atoms with Crippen LogP contribution in [0.25, 0.3) is 10.8 Å². The topological polar surface area (TPSA) is 50.4 Å². The van der Waals surface area contributed by atoms with E-state index >= 15 is 0 Å². The zero-order valence-electron chi connectivity index (χ0n) is 10.7. The van der Waals surface area contributed by atoms with Crippen LogP contribution in [-0.4, -0.2) is 12.5 Å². The van der Waals surface area contributed by atoms with E-state index in [1.54, 1.807) is 0 Å². The molecule has 0 aromatic heterocycles. The van der Waals surface area contributed by atoms with E-state index in [1.807, 2.05) is 12.1 Å². The summed E-state index contributed by atoms with van der Waals surface area (Å²) in [5.74, 6) is 0.518. The summed E-state index contributed by atoms with van der Waals surface area (Å²) in [6.45, 7) is 3.58. The Kier molecular flexibility index (Phi) is 4.18. The Morgan fingerprint density at radius 2 is 1.94 bits per heavy atom. The van der Waals surface area contributed by atoms with Gasteiger partial charge in [0.25, 0.3) is 0 Å². The summed E-state index contributed by atoms with van der Waals surface area (Å²) in [6.07, 6.45) is 1.05. The van der Waals surface area contributed by atoms with Crippen molar-refractivity contribution in [2.24, 2.45) is 10.7 Å². The molecule has 2 aromatic carbocycles. The number of aliphatic imine (C=N–C) groups is 1. The van der Waals surface area contributed by atoms with Crippen molar-refractivity contribution in [3.05, 3.63) is 48.0 Å². The first-order valence-electron chi connectivity index (χ1n) is 6.31. The van der Waals surface area contributed by atoms with Crippen LogP contribution in [0.1, 0.15) is 18.9 Å². The summed E-state index contributed by atoms with van der Waals surface area (Å²) in [5, 5.41) is 5.56. The monoisotopic (exact) mass is 241 g/mol. The molecule has 0 radical (unpaired) electrons. The molecule has 18 heavy (non-hydrogen) atoms. The summed E-state index contributed by atoms with van der Waals surface area (Å²) in [7, 11) is 0. The van der Waals surface area contributed by atoms with Crippen molar-refractivity contribution in [2.45, 2.75) is 19.9 Å². The zero-order valence-corrected chi connectivity index (χ0v) is 10.7. The van der Waals surface area contributed by atoms with Gasteiger partial charge < -0.3 is 11.1 Å². The first-order valence-corrected chi connectivity index (χ1v) is 6.31. The molecule has 94 valence electrons. The number of benzene rings is 2. The number of hydrogen-bond donors (Lipinski definition) is 2. The van der Waals surface area contributed by atoms with Crippen LogP contribution in [-0.2, 0) is 6.54 Å². The fourth-order valence-electron chi connectivity index (χ4n) is 1.91. The fraction of sp³-hybridized carbons (Fsp3) is 0.267. The van der Waals surface area contributed by atoms with E-state index in [4.69, 9.17) is 5.73 Å². The maximum absolute atomic E-state index is 5.79. The second-order valence-corrected chi connectivity index (χ2v) is 4.27. The van der Waals surface area contributed by atoms with Crippen molar-refractivity contribution >= 4 is 16.7 Å². The van der Waals surface area contributed by atoms with Gasteiger partial charge in [-0.25, -0.2) is 4.99 Å². The molecule has 0 unspecified atom stereocenters. The normalized spacial score (nSPS) is 11.7. The Balaban J connectivity index is 2.17. The number of nitrogens with zero attached hydrogens (tertiary/aromatic N) is 1. The van der Waals surface area contributed by atoms with Crippen molar-refractivity contribution in [3.63, 3.8) is 0 Å². The Morgan fingerprint density at radius 1 is 1.17 bits per heavy atom. The first-order chi connectivity index (χ1) is 8.81. The van der Waals surface area contributed by atoms with Crippen molar-refractivity contribution in [2.75, 3.05) is 6.54 Å². The van der Waals surface area contributed by atoms with E-state index in [9.17, 15) is 0 Å². The SMILES string of the molecule is CCCNC(N)=NCc1cccc2ccccc12. The molecule has 0 aliphatic rings. The highest BCUT2D eigenvalue weighted by molar-refractivity contribution is 5.86. The summed E-state index contributed by atoms with van der Waals surface area (Å²) in [4.78, 5) is 4.37. The van der Waals surface area contributed by atoms with Crippen LogP contribution in [0, 0.1) is 0 Å². The molecule has 3 nitrogen and oxygen atoms in total. The van der Waals surface area contributed by atoms with Gasteiger partial charge in [-0.3, -0.25) is 0 Å². The van der Waals surface area contributed by atoms with Gasteiger partial charge in [0.15, 0.2) is 5.96 Å². The van der Waals surface area contributed by atoms with Gasteiger partial charge in [-0.05, 0) is 22.8 Å². The lowest BCUT2D eigenvalue weighted by Gasteiger charge is -2.06. The number of nitrogens with one attached hydrogen (secondary N) is 1. The molecule has 2 aromatic rings. The molecule has 0 aliphatic heterocycles. The lowest BCUT2D eigenvalue weighted by Crippen LogP contribution is -2.32. The number of hydrogen-bond acceptors (Lipinski definition) is 1. The number of fused-ring (bicyclic) bond motifs is 1. The Bertz CT molecular complexity index is 541. The van der Waals surface area contributed by atoms with Gasteiger partial charge in [-0.1, -0.05) is 49.4 Å². The van der Waals surface area contributed by atoms with Crippen LogP contribution in [0.4, 0.5) is 0 Å². The highest BCUT2D eigenvalue weighted by Gasteiger charge is 1.99. The van der Waals surface area contributed by atoms with Crippen molar-refractivity contribution in [1.29, 1.82) is 0 Å². The van der Waals surface area contributed by atoms with E-state index in [0.717, 1.165) is 13.0 Å². The molecule has 3 N–H and O–H groups in total. The smallest absolute Gasteiger partial charge is 0.188 e. The maximum atomic E-state index is 5.79. The van der Waals surface area contributed by atoms with Gasteiger partial charge in [0.1, 0.15) is 0 Å². The predicted octanol–water partition coefficient (Wildman–Crippen LogP) is 2.65. The van der Waals surface area contributed by atoms with E-state index in [-0.39, 0.29) is 0 Å². The van der Waals surface area contributed by atoms with Crippen molar-refractivity contribution in [1.82, 2.24) is 5.32 Å². The second kappa shape index (κ2) is 6.05. The van der Waals surface area contributed by atoms with Gasteiger partial charge in [0, 0.05) is 6.54 Å². The second-order valence-electron chi connectivity index (χ2n) is 4.27. The van der Waals surface area contributed by atoms with E-state index < -0.39 is 0 Å². The summed E-state index contributed by atoms with van der Waals surface area (Å²) < 4.78 is 0. The molecule has 0 saturated heterocycles. The maximum Gasteiger partial charge on any atom is 0.188 e. The lowest BCUT2D eigenvalue weighted by atomic mass is 10.1. The van der Waals surface area contributed by atoms with Gasteiger partial charge >= 0.3 is 0 Å². The van der Waals surface area contributed by atoms with Gasteiger partial charge in [-0.15, -0.1) is 0 Å². The number of nitrogens with two attached hydrogens (primary N) is 1. The highest BCUT2D eigenvalue weighted by Crippen LogP contribution is 2.18. The Morgan fingerprint density at radius 3 is 2.78 bits per heavy atom. The summed E-state index contributed by atoms with van der Waals surface area (Å²) in [5.41, 5.74) is 6.99. The third kappa shape index (κ3) is 3.00. The van der Waals surface area contributed by atoms with E-state index in [1.165, 1.54) is 16.3 Å². The molecular formula is C15H19N3. The van der Waals surface area contributed by atoms with Crippen LogP contribution in [0.3, 0.4) is 0 Å². The molecule has 0 heterocycles. The summed E-state index contributed by atoms with van der Waals surface area (Å²) in [6, 6.07) is 14.6. The largest absolute Gasteiger partial charge is 0.370 e. The van der Waals surface area contributed by atoms with Gasteiger partial charge in [-0.2, -0.15) is 0 Å². The van der Waals surface area contributed by atoms with Crippen molar-refractivity contribution < 1.29 is 0 Å². The van der Waals surface area contributed by atoms with Crippen LogP contribution in [0.5, 0.6) is 0 Å². The average molecular weight is 241 g/mol. The quantitative estimate of drug-likeness (QED) is 0.638. The predicted molar refractivity (Wildman–Crippen MR) is 77.6 cm³/mol. The third-order valence-corrected chi connectivity index (χ3v) is 2.86. The number of guanidine groups is 1. The third-order valence-electron chi connectivity index (χ3n) is 2.86. The van der Waals surface area contributed by atoms with Gasteiger partial charge in [0.05, 0.1) is 6.54 Å². The molecular weight excluding hydrogens is 222 g/mol. The molecule has 0 aliphatic carbocycles. The highest BCUT2D eigenvalue weighted by atomic mass is 15.1.